The molecule has 0 saturated heterocycles. The van der Waals surface area contributed by atoms with Crippen molar-refractivity contribution in [2.24, 2.45) is 0 Å². The molecule has 1 aromatic rings. The smallest absolute Gasteiger partial charge is 0.330 e. The third-order valence-electron chi connectivity index (χ3n) is 2.97. The Hall–Kier alpha value is -1.88. The molecule has 0 spiro atoms. The molecule has 0 aliphatic rings. The normalized spacial score (nSPS) is 12.3. The molecular weight excluding hydrogens is 244 g/mol. The van der Waals surface area contributed by atoms with Crippen LogP contribution in [0.25, 0.3) is 0 Å². The maximum absolute atomic E-state index is 12.0. The Labute approximate surface area is 113 Å². The Balaban J connectivity index is 3.05. The lowest BCUT2D eigenvalue weighted by molar-refractivity contribution is -0.142. The number of likely N-dealkylation sites (N-methyl/N-ethyl adjacent to an activating group) is 1. The van der Waals surface area contributed by atoms with Crippen LogP contribution in [0, 0.1) is 6.92 Å². The Bertz CT molecular complexity index is 484. The molecule has 0 radical (unpaired) electrons. The number of rotatable bonds is 5. The molecule has 1 atom stereocenters. The van der Waals surface area contributed by atoms with Gasteiger partial charge in [-0.2, -0.15) is 0 Å². The van der Waals surface area contributed by atoms with E-state index in [4.69, 9.17) is 5.11 Å². The molecule has 0 heterocycles. The maximum Gasteiger partial charge on any atom is 0.330 e. The molecule has 1 rings (SSSR count). The van der Waals surface area contributed by atoms with Gasteiger partial charge >= 0.3 is 5.97 Å². The maximum atomic E-state index is 12.0. The van der Waals surface area contributed by atoms with Gasteiger partial charge in [-0.05, 0) is 31.0 Å². The Morgan fingerprint density at radius 3 is 2.37 bits per heavy atom. The molecule has 0 aromatic heterocycles. The van der Waals surface area contributed by atoms with Gasteiger partial charge in [-0.1, -0.05) is 32.0 Å². The van der Waals surface area contributed by atoms with Gasteiger partial charge in [0.15, 0.2) is 6.04 Å². The third kappa shape index (κ3) is 3.54. The molecular formula is C14H20N2O3. The highest BCUT2D eigenvalue weighted by Gasteiger charge is 2.25. The van der Waals surface area contributed by atoms with Crippen LogP contribution in [0.1, 0.15) is 30.9 Å². The highest BCUT2D eigenvalue weighted by atomic mass is 16.4. The number of aliphatic carboxylic acids is 1. The van der Waals surface area contributed by atoms with Gasteiger partial charge in [-0.15, -0.1) is 0 Å². The van der Waals surface area contributed by atoms with Crippen LogP contribution in [-0.4, -0.2) is 30.1 Å². The first-order valence-corrected chi connectivity index (χ1v) is 6.19. The minimum absolute atomic E-state index is 0.244. The van der Waals surface area contributed by atoms with Crippen LogP contribution in [0.4, 0.5) is 5.69 Å². The molecule has 0 saturated carbocycles. The second kappa shape index (κ2) is 6.33. The molecule has 1 aromatic carbocycles. The number of carbonyl (C=O) groups is 2. The fourth-order valence-corrected chi connectivity index (χ4v) is 1.90. The molecule has 0 bridgehead atoms. The molecule has 104 valence electrons. The minimum atomic E-state index is -1.25. The molecule has 5 heteroatoms. The van der Waals surface area contributed by atoms with Gasteiger partial charge in [-0.25, -0.2) is 4.79 Å². The number of para-hydroxylation sites is 1. The van der Waals surface area contributed by atoms with Crippen molar-refractivity contribution in [2.45, 2.75) is 32.7 Å². The van der Waals surface area contributed by atoms with E-state index in [-0.39, 0.29) is 5.92 Å². The lowest BCUT2D eigenvalue weighted by atomic mass is 9.98. The number of hydrogen-bond donors (Lipinski definition) is 3. The van der Waals surface area contributed by atoms with Crippen molar-refractivity contribution in [1.29, 1.82) is 0 Å². The number of carboxylic acid groups (broad SMARTS) is 1. The average Bonchev–Trinajstić information content (AvgIpc) is 2.31. The number of benzene rings is 1. The molecule has 19 heavy (non-hydrogen) atoms. The summed E-state index contributed by atoms with van der Waals surface area (Å²) < 4.78 is 0. The van der Waals surface area contributed by atoms with E-state index in [1.54, 1.807) is 0 Å². The van der Waals surface area contributed by atoms with Gasteiger partial charge in [0, 0.05) is 5.69 Å². The number of carboxylic acids is 1. The predicted octanol–water partition coefficient (Wildman–Crippen LogP) is 1.73. The molecule has 1 amide bonds. The highest BCUT2D eigenvalue weighted by molar-refractivity contribution is 6.08. The van der Waals surface area contributed by atoms with Crippen molar-refractivity contribution in [3.05, 3.63) is 29.3 Å². The van der Waals surface area contributed by atoms with E-state index in [9.17, 15) is 9.59 Å². The molecule has 0 aliphatic carbocycles. The lowest BCUT2D eigenvalue weighted by Crippen LogP contribution is -2.44. The number of amides is 1. The van der Waals surface area contributed by atoms with Gasteiger partial charge in [0.2, 0.25) is 0 Å². The summed E-state index contributed by atoms with van der Waals surface area (Å²) in [6.07, 6.45) is 0. The first-order valence-electron chi connectivity index (χ1n) is 6.19. The Morgan fingerprint density at radius 1 is 1.26 bits per heavy atom. The van der Waals surface area contributed by atoms with E-state index in [2.05, 4.69) is 10.6 Å². The summed E-state index contributed by atoms with van der Waals surface area (Å²) in [5, 5.41) is 14.1. The predicted molar refractivity (Wildman–Crippen MR) is 74.4 cm³/mol. The van der Waals surface area contributed by atoms with Gasteiger partial charge in [0.1, 0.15) is 0 Å². The highest BCUT2D eigenvalue weighted by Crippen LogP contribution is 2.27. The quantitative estimate of drug-likeness (QED) is 0.708. The molecule has 5 nitrogen and oxygen atoms in total. The summed E-state index contributed by atoms with van der Waals surface area (Å²) in [6.45, 7) is 5.94. The SMILES string of the molecule is CNC(C(=O)O)C(=O)Nc1c(C)cccc1C(C)C. The minimum Gasteiger partial charge on any atom is -0.480 e. The first kappa shape index (κ1) is 15.2. The van der Waals surface area contributed by atoms with Crippen LogP contribution in [0.15, 0.2) is 18.2 Å². The number of hydrogen-bond acceptors (Lipinski definition) is 3. The van der Waals surface area contributed by atoms with Gasteiger partial charge in [-0.3, -0.25) is 10.1 Å². The van der Waals surface area contributed by atoms with Crippen molar-refractivity contribution in [3.63, 3.8) is 0 Å². The van der Waals surface area contributed by atoms with E-state index in [1.807, 2.05) is 39.0 Å². The molecule has 0 aliphatic heterocycles. The summed E-state index contributed by atoms with van der Waals surface area (Å²) in [4.78, 5) is 22.9. The van der Waals surface area contributed by atoms with Crippen LogP contribution in [0.2, 0.25) is 0 Å². The van der Waals surface area contributed by atoms with E-state index in [0.717, 1.165) is 11.1 Å². The third-order valence-corrected chi connectivity index (χ3v) is 2.97. The standard InChI is InChI=1S/C14H20N2O3/c1-8(2)10-7-5-6-9(3)11(10)16-13(17)12(15-4)14(18)19/h5-8,12,15H,1-4H3,(H,16,17)(H,18,19). The monoisotopic (exact) mass is 264 g/mol. The average molecular weight is 264 g/mol. The van der Waals surface area contributed by atoms with Crippen LogP contribution in [-0.2, 0) is 9.59 Å². The van der Waals surface area contributed by atoms with Crippen LogP contribution in [0.5, 0.6) is 0 Å². The number of carbonyl (C=O) groups excluding carboxylic acids is 1. The van der Waals surface area contributed by atoms with E-state index in [1.165, 1.54) is 7.05 Å². The zero-order chi connectivity index (χ0) is 14.6. The summed E-state index contributed by atoms with van der Waals surface area (Å²) in [5.74, 6) is -1.51. The summed E-state index contributed by atoms with van der Waals surface area (Å²) in [6, 6.07) is 4.49. The first-order chi connectivity index (χ1) is 8.88. The van der Waals surface area contributed by atoms with Crippen molar-refractivity contribution >= 4 is 17.6 Å². The van der Waals surface area contributed by atoms with E-state index >= 15 is 0 Å². The topological polar surface area (TPSA) is 78.4 Å². The van der Waals surface area contributed by atoms with Gasteiger partial charge < -0.3 is 10.4 Å². The Morgan fingerprint density at radius 2 is 1.89 bits per heavy atom. The fourth-order valence-electron chi connectivity index (χ4n) is 1.90. The van der Waals surface area contributed by atoms with Crippen molar-refractivity contribution in [2.75, 3.05) is 12.4 Å². The van der Waals surface area contributed by atoms with Gasteiger partial charge in [0.25, 0.3) is 5.91 Å². The molecule has 1 unspecified atom stereocenters. The number of anilines is 1. The molecule has 3 N–H and O–H groups in total. The second-order valence-corrected chi connectivity index (χ2v) is 4.74. The van der Waals surface area contributed by atoms with Crippen molar-refractivity contribution < 1.29 is 14.7 Å². The van der Waals surface area contributed by atoms with Crippen LogP contribution >= 0.6 is 0 Å². The summed E-state index contributed by atoms with van der Waals surface area (Å²) >= 11 is 0. The van der Waals surface area contributed by atoms with E-state index in [0.29, 0.717) is 5.69 Å². The van der Waals surface area contributed by atoms with Crippen molar-refractivity contribution in [1.82, 2.24) is 5.32 Å². The number of nitrogens with one attached hydrogen (secondary N) is 2. The Kier molecular flexibility index (Phi) is 5.06. The zero-order valence-corrected chi connectivity index (χ0v) is 11.7. The van der Waals surface area contributed by atoms with Crippen LogP contribution < -0.4 is 10.6 Å². The largest absolute Gasteiger partial charge is 0.480 e. The van der Waals surface area contributed by atoms with Crippen LogP contribution in [0.3, 0.4) is 0 Å². The number of aryl methyl sites for hydroxylation is 1. The van der Waals surface area contributed by atoms with E-state index < -0.39 is 17.9 Å². The van der Waals surface area contributed by atoms with Gasteiger partial charge in [0.05, 0.1) is 0 Å². The zero-order valence-electron chi connectivity index (χ0n) is 11.7. The molecule has 0 fully saturated rings. The fraction of sp³-hybridized carbons (Fsp3) is 0.429. The summed E-state index contributed by atoms with van der Waals surface area (Å²) in [5.41, 5.74) is 2.61. The lowest BCUT2D eigenvalue weighted by Gasteiger charge is -2.18. The summed E-state index contributed by atoms with van der Waals surface area (Å²) in [7, 11) is 1.44. The van der Waals surface area contributed by atoms with Crippen molar-refractivity contribution in [3.8, 4) is 0 Å². The second-order valence-electron chi connectivity index (χ2n) is 4.74.